The van der Waals surface area contributed by atoms with Gasteiger partial charge in [0, 0.05) is 37.6 Å². The maximum atomic E-state index is 11.7. The van der Waals surface area contributed by atoms with Crippen molar-refractivity contribution in [2.24, 2.45) is 12.2 Å². The minimum Gasteiger partial charge on any atom is -0.396 e. The van der Waals surface area contributed by atoms with Crippen LogP contribution in [0, 0.1) is 0 Å². The van der Waals surface area contributed by atoms with Crippen LogP contribution in [-0.2, 0) is 18.4 Å². The fourth-order valence-corrected chi connectivity index (χ4v) is 4.31. The number of rotatable bonds is 7. The molecule has 3 heterocycles. The van der Waals surface area contributed by atoms with E-state index in [1.165, 1.54) is 11.1 Å². The molecule has 1 aliphatic rings. The summed E-state index contributed by atoms with van der Waals surface area (Å²) in [6, 6.07) is 15.7. The lowest BCUT2D eigenvalue weighted by Gasteiger charge is -2.32. The average molecular weight is 465 g/mol. The van der Waals surface area contributed by atoms with Gasteiger partial charge in [-0.15, -0.1) is 0 Å². The fourth-order valence-electron chi connectivity index (χ4n) is 4.20. The van der Waals surface area contributed by atoms with E-state index in [4.69, 9.17) is 16.4 Å². The van der Waals surface area contributed by atoms with Gasteiger partial charge in [0.25, 0.3) is 0 Å². The van der Waals surface area contributed by atoms with Crippen molar-refractivity contribution in [3.8, 4) is 0 Å². The standard InChI is InChI=1S/C26H29ClN4O2/c1-3-33-29-26(24-10-9-23(27)16-28-24)21-6-4-19(5-7-21)17-31-14-12-20(13-15-31)22-8-11-25(32)30(2)18-22/h4-11,16,18,20H,3,12-15,17H2,1-2H3/b29-26+. The molecule has 3 aromatic rings. The number of halogens is 1. The maximum Gasteiger partial charge on any atom is 0.250 e. The largest absolute Gasteiger partial charge is 0.396 e. The third-order valence-corrected chi connectivity index (χ3v) is 6.28. The highest BCUT2D eigenvalue weighted by Crippen LogP contribution is 2.28. The molecule has 1 aliphatic heterocycles. The Balaban J connectivity index is 1.39. The van der Waals surface area contributed by atoms with Crippen molar-refractivity contribution in [1.29, 1.82) is 0 Å². The fraction of sp³-hybridized carbons (Fsp3) is 0.346. The molecule has 0 saturated carbocycles. The summed E-state index contributed by atoms with van der Waals surface area (Å²) in [4.78, 5) is 23.9. The van der Waals surface area contributed by atoms with Crippen molar-refractivity contribution >= 4 is 17.3 Å². The molecule has 7 heteroatoms. The van der Waals surface area contributed by atoms with Crippen LogP contribution in [-0.4, -0.2) is 39.9 Å². The van der Waals surface area contributed by atoms with Crippen molar-refractivity contribution in [2.45, 2.75) is 32.2 Å². The van der Waals surface area contributed by atoms with Gasteiger partial charge in [0.15, 0.2) is 0 Å². The molecule has 2 aromatic heterocycles. The molecule has 0 aliphatic carbocycles. The molecule has 0 N–H and O–H groups in total. The van der Waals surface area contributed by atoms with Crippen molar-refractivity contribution < 1.29 is 4.84 Å². The van der Waals surface area contributed by atoms with Crippen LogP contribution in [0.4, 0.5) is 0 Å². The summed E-state index contributed by atoms with van der Waals surface area (Å²) in [5, 5.41) is 4.87. The molecule has 0 bridgehead atoms. The number of benzene rings is 1. The first kappa shape index (κ1) is 23.2. The van der Waals surface area contributed by atoms with Gasteiger partial charge in [-0.2, -0.15) is 0 Å². The summed E-state index contributed by atoms with van der Waals surface area (Å²) in [5.41, 5.74) is 4.94. The lowest BCUT2D eigenvalue weighted by molar-refractivity contribution is 0.159. The zero-order chi connectivity index (χ0) is 23.2. The van der Waals surface area contributed by atoms with E-state index >= 15 is 0 Å². The Bertz CT molecular complexity index is 1150. The van der Waals surface area contributed by atoms with Gasteiger partial charge in [0.05, 0.1) is 10.7 Å². The number of likely N-dealkylation sites (tertiary alicyclic amines) is 1. The van der Waals surface area contributed by atoms with E-state index in [1.54, 1.807) is 22.9 Å². The van der Waals surface area contributed by atoms with Gasteiger partial charge in [0.2, 0.25) is 5.56 Å². The summed E-state index contributed by atoms with van der Waals surface area (Å²) < 4.78 is 1.67. The number of hydrogen-bond acceptors (Lipinski definition) is 5. The number of nitrogens with zero attached hydrogens (tertiary/aromatic N) is 4. The minimum absolute atomic E-state index is 0.0425. The third-order valence-electron chi connectivity index (χ3n) is 6.06. The number of aryl methyl sites for hydroxylation is 1. The SMILES string of the molecule is CCO/N=C(\c1ccc(CN2CCC(c3ccc(=O)n(C)c3)CC2)cc1)c1ccc(Cl)cn1. The van der Waals surface area contributed by atoms with E-state index < -0.39 is 0 Å². The van der Waals surface area contributed by atoms with Crippen LogP contribution in [0.5, 0.6) is 0 Å². The third kappa shape index (κ3) is 5.89. The molecule has 0 spiro atoms. The molecule has 1 aromatic carbocycles. The summed E-state index contributed by atoms with van der Waals surface area (Å²) in [5.74, 6) is 0.514. The van der Waals surface area contributed by atoms with Crippen molar-refractivity contribution in [3.05, 3.63) is 98.7 Å². The Labute approximate surface area is 199 Å². The summed E-state index contributed by atoms with van der Waals surface area (Å²) in [7, 11) is 1.82. The zero-order valence-electron chi connectivity index (χ0n) is 19.1. The molecule has 0 amide bonds. The lowest BCUT2D eigenvalue weighted by Crippen LogP contribution is -2.32. The second-order valence-electron chi connectivity index (χ2n) is 8.38. The zero-order valence-corrected chi connectivity index (χ0v) is 19.8. The van der Waals surface area contributed by atoms with Gasteiger partial charge in [-0.3, -0.25) is 14.7 Å². The molecule has 1 saturated heterocycles. The highest BCUT2D eigenvalue weighted by atomic mass is 35.5. The van der Waals surface area contributed by atoms with Crippen LogP contribution in [0.1, 0.15) is 48.1 Å². The van der Waals surface area contributed by atoms with Gasteiger partial charge in [0.1, 0.15) is 12.3 Å². The van der Waals surface area contributed by atoms with Crippen molar-refractivity contribution in [3.63, 3.8) is 0 Å². The molecule has 33 heavy (non-hydrogen) atoms. The topological polar surface area (TPSA) is 59.7 Å². The predicted molar refractivity (Wildman–Crippen MR) is 132 cm³/mol. The van der Waals surface area contributed by atoms with Gasteiger partial charge in [-0.25, -0.2) is 0 Å². The number of aromatic nitrogens is 2. The molecule has 4 rings (SSSR count). The molecule has 1 fully saturated rings. The van der Waals surface area contributed by atoms with Gasteiger partial charge in [-0.05, 0) is 62.0 Å². The molecule has 6 nitrogen and oxygen atoms in total. The highest BCUT2D eigenvalue weighted by molar-refractivity contribution is 6.30. The second kappa shape index (κ2) is 10.8. The first-order valence-electron chi connectivity index (χ1n) is 11.3. The predicted octanol–water partition coefficient (Wildman–Crippen LogP) is 4.60. The Morgan fingerprint density at radius 1 is 1.12 bits per heavy atom. The molecule has 0 radical (unpaired) electrons. The van der Waals surface area contributed by atoms with Gasteiger partial charge < -0.3 is 9.40 Å². The Kier molecular flexibility index (Phi) is 7.57. The molecule has 172 valence electrons. The van der Waals surface area contributed by atoms with Crippen molar-refractivity contribution in [2.75, 3.05) is 19.7 Å². The van der Waals surface area contributed by atoms with E-state index in [0.717, 1.165) is 43.7 Å². The van der Waals surface area contributed by atoms with Crippen LogP contribution in [0.25, 0.3) is 0 Å². The smallest absolute Gasteiger partial charge is 0.250 e. The lowest BCUT2D eigenvalue weighted by atomic mass is 9.90. The normalized spacial score (nSPS) is 15.5. The monoisotopic (exact) mass is 464 g/mol. The number of hydrogen-bond donors (Lipinski definition) is 0. The van der Waals surface area contributed by atoms with Crippen LogP contribution < -0.4 is 5.56 Å². The Morgan fingerprint density at radius 3 is 2.52 bits per heavy atom. The Hall–Kier alpha value is -2.96. The van der Waals surface area contributed by atoms with Gasteiger partial charge >= 0.3 is 0 Å². The maximum absolute atomic E-state index is 11.7. The number of oxime groups is 1. The van der Waals surface area contributed by atoms with E-state index in [2.05, 4.69) is 39.3 Å². The minimum atomic E-state index is 0.0425. The second-order valence-corrected chi connectivity index (χ2v) is 8.81. The number of piperidine rings is 1. The average Bonchev–Trinajstić information content (AvgIpc) is 2.84. The van der Waals surface area contributed by atoms with E-state index in [0.29, 0.717) is 23.3 Å². The molecule has 0 atom stereocenters. The van der Waals surface area contributed by atoms with E-state index in [-0.39, 0.29) is 5.56 Å². The summed E-state index contributed by atoms with van der Waals surface area (Å²) in [6.07, 6.45) is 5.80. The van der Waals surface area contributed by atoms with Crippen LogP contribution >= 0.6 is 11.6 Å². The van der Waals surface area contributed by atoms with Crippen LogP contribution in [0.2, 0.25) is 5.02 Å². The summed E-state index contributed by atoms with van der Waals surface area (Å²) in [6.45, 7) is 5.39. The first-order chi connectivity index (χ1) is 16.0. The van der Waals surface area contributed by atoms with Crippen molar-refractivity contribution in [1.82, 2.24) is 14.5 Å². The van der Waals surface area contributed by atoms with Crippen LogP contribution in [0.15, 0.2) is 70.9 Å². The van der Waals surface area contributed by atoms with Gasteiger partial charge in [-0.1, -0.05) is 47.1 Å². The van der Waals surface area contributed by atoms with E-state index in [1.807, 2.05) is 32.3 Å². The first-order valence-corrected chi connectivity index (χ1v) is 11.7. The number of pyridine rings is 2. The molecule has 0 unspecified atom stereocenters. The summed E-state index contributed by atoms with van der Waals surface area (Å²) >= 11 is 5.99. The molecular formula is C26H29ClN4O2. The Morgan fingerprint density at radius 2 is 1.88 bits per heavy atom. The van der Waals surface area contributed by atoms with E-state index in [9.17, 15) is 4.79 Å². The molecular weight excluding hydrogens is 436 g/mol. The van der Waals surface area contributed by atoms with Crippen LogP contribution in [0.3, 0.4) is 0 Å². The quantitative estimate of drug-likeness (QED) is 0.378. The highest BCUT2D eigenvalue weighted by Gasteiger charge is 2.21.